The number of thioether (sulfide) groups is 1. The summed E-state index contributed by atoms with van der Waals surface area (Å²) in [5, 5.41) is 15.0. The normalized spacial score (nSPS) is 17.7. The van der Waals surface area contributed by atoms with Gasteiger partial charge in [0.25, 0.3) is 0 Å². The summed E-state index contributed by atoms with van der Waals surface area (Å²) in [5.41, 5.74) is -0.322. The molecular formula is C8H11N3O3S. The van der Waals surface area contributed by atoms with E-state index in [9.17, 15) is 9.59 Å². The van der Waals surface area contributed by atoms with Gasteiger partial charge in [-0.2, -0.15) is 0 Å². The lowest BCUT2D eigenvalue weighted by Crippen LogP contribution is -2.20. The first kappa shape index (κ1) is 10.3. The first-order valence-corrected chi connectivity index (χ1v) is 5.48. The molecule has 1 aromatic heterocycles. The van der Waals surface area contributed by atoms with Gasteiger partial charge in [-0.25, -0.2) is 9.89 Å². The number of carbonyl (C=O) groups is 1. The number of H-pyrrole nitrogens is 1. The van der Waals surface area contributed by atoms with Gasteiger partial charge in [0, 0.05) is 7.05 Å². The smallest absolute Gasteiger partial charge is 0.343 e. The quantitative estimate of drug-likeness (QED) is 0.713. The van der Waals surface area contributed by atoms with Gasteiger partial charge in [0.1, 0.15) is 5.25 Å². The summed E-state index contributed by atoms with van der Waals surface area (Å²) in [6, 6.07) is 0. The van der Waals surface area contributed by atoms with Crippen molar-refractivity contribution in [1.82, 2.24) is 14.8 Å². The van der Waals surface area contributed by atoms with Crippen LogP contribution in [-0.2, 0) is 11.8 Å². The van der Waals surface area contributed by atoms with E-state index in [2.05, 4.69) is 10.2 Å². The zero-order valence-corrected chi connectivity index (χ0v) is 8.95. The van der Waals surface area contributed by atoms with Gasteiger partial charge in [0.05, 0.1) is 0 Å². The molecule has 0 bridgehead atoms. The van der Waals surface area contributed by atoms with Crippen LogP contribution in [0.4, 0.5) is 0 Å². The molecule has 7 heteroatoms. The molecule has 0 aromatic carbocycles. The van der Waals surface area contributed by atoms with Crippen molar-refractivity contribution in [3.8, 4) is 0 Å². The minimum atomic E-state index is -0.835. The largest absolute Gasteiger partial charge is 0.480 e. The van der Waals surface area contributed by atoms with E-state index in [0.717, 1.165) is 24.6 Å². The summed E-state index contributed by atoms with van der Waals surface area (Å²) in [7, 11) is 1.57. The predicted molar refractivity (Wildman–Crippen MR) is 53.8 cm³/mol. The number of aromatic nitrogens is 3. The molecule has 2 N–H and O–H groups in total. The molecule has 2 rings (SSSR count). The van der Waals surface area contributed by atoms with Crippen molar-refractivity contribution >= 4 is 17.7 Å². The number of nitrogens with zero attached hydrogens (tertiary/aromatic N) is 2. The van der Waals surface area contributed by atoms with Crippen LogP contribution in [0.3, 0.4) is 0 Å². The summed E-state index contributed by atoms with van der Waals surface area (Å²) in [6.07, 6.45) is 1.89. The van der Waals surface area contributed by atoms with Gasteiger partial charge < -0.3 is 5.11 Å². The van der Waals surface area contributed by atoms with Crippen molar-refractivity contribution in [2.75, 3.05) is 0 Å². The fourth-order valence-corrected chi connectivity index (χ4v) is 2.43. The first-order valence-electron chi connectivity index (χ1n) is 4.60. The van der Waals surface area contributed by atoms with Gasteiger partial charge in [-0.1, -0.05) is 11.8 Å². The monoisotopic (exact) mass is 229 g/mol. The van der Waals surface area contributed by atoms with Crippen LogP contribution >= 0.6 is 11.8 Å². The van der Waals surface area contributed by atoms with Crippen LogP contribution in [-0.4, -0.2) is 31.1 Å². The van der Waals surface area contributed by atoms with E-state index in [1.54, 1.807) is 7.05 Å². The van der Waals surface area contributed by atoms with Gasteiger partial charge in [-0.15, -0.1) is 5.10 Å². The average Bonchev–Trinajstić information content (AvgIpc) is 2.95. The number of hydrogen-bond donors (Lipinski definition) is 2. The van der Waals surface area contributed by atoms with E-state index in [1.165, 1.54) is 4.57 Å². The maximum atomic E-state index is 11.1. The highest BCUT2D eigenvalue weighted by Crippen LogP contribution is 2.40. The number of carboxylic acid groups (broad SMARTS) is 1. The van der Waals surface area contributed by atoms with Crippen molar-refractivity contribution in [3.05, 3.63) is 10.5 Å². The van der Waals surface area contributed by atoms with Gasteiger partial charge in [-0.05, 0) is 18.8 Å². The molecule has 1 aromatic rings. The summed E-state index contributed by atoms with van der Waals surface area (Å²) in [4.78, 5) is 22.0. The van der Waals surface area contributed by atoms with Crippen LogP contribution in [0.2, 0.25) is 0 Å². The standard InChI is InChI=1S/C8H11N3O3S/c1-11-7(14)9-10-8(11)15-5(6(12)13)4-2-3-4/h4-5H,2-3H2,1H3,(H,9,14)(H,12,13). The second kappa shape index (κ2) is 3.73. The Morgan fingerprint density at radius 3 is 2.80 bits per heavy atom. The molecule has 0 saturated heterocycles. The molecule has 1 unspecified atom stereocenters. The Balaban J connectivity index is 2.15. The Morgan fingerprint density at radius 2 is 2.40 bits per heavy atom. The number of carboxylic acids is 1. The lowest BCUT2D eigenvalue weighted by molar-refractivity contribution is -0.136. The third-order valence-electron chi connectivity index (χ3n) is 2.36. The van der Waals surface area contributed by atoms with Crippen molar-refractivity contribution < 1.29 is 9.90 Å². The molecule has 0 radical (unpaired) electrons. The molecule has 0 amide bonds. The minimum absolute atomic E-state index is 0.222. The van der Waals surface area contributed by atoms with Gasteiger partial charge in [0.15, 0.2) is 5.16 Å². The molecule has 1 aliphatic rings. The zero-order valence-electron chi connectivity index (χ0n) is 8.14. The molecule has 0 spiro atoms. The number of rotatable bonds is 4. The molecule has 1 atom stereocenters. The summed E-state index contributed by atoms with van der Waals surface area (Å²) >= 11 is 1.14. The number of aromatic amines is 1. The fraction of sp³-hybridized carbons (Fsp3) is 0.625. The molecule has 1 heterocycles. The number of aliphatic carboxylic acids is 1. The van der Waals surface area contributed by atoms with E-state index in [1.807, 2.05) is 0 Å². The Labute approximate surface area is 89.7 Å². The van der Waals surface area contributed by atoms with E-state index in [4.69, 9.17) is 5.11 Å². The summed E-state index contributed by atoms with van der Waals surface area (Å²) in [6.45, 7) is 0. The van der Waals surface area contributed by atoms with Crippen molar-refractivity contribution in [2.24, 2.45) is 13.0 Å². The second-order valence-corrected chi connectivity index (χ2v) is 4.69. The lowest BCUT2D eigenvalue weighted by atomic mass is 10.3. The van der Waals surface area contributed by atoms with E-state index < -0.39 is 11.2 Å². The van der Waals surface area contributed by atoms with Crippen LogP contribution in [0, 0.1) is 5.92 Å². The van der Waals surface area contributed by atoms with Crippen LogP contribution in [0.25, 0.3) is 0 Å². The maximum Gasteiger partial charge on any atom is 0.343 e. The van der Waals surface area contributed by atoms with E-state index >= 15 is 0 Å². The molecule has 15 heavy (non-hydrogen) atoms. The molecule has 0 aliphatic heterocycles. The highest BCUT2D eigenvalue weighted by atomic mass is 32.2. The minimum Gasteiger partial charge on any atom is -0.480 e. The highest BCUT2D eigenvalue weighted by Gasteiger charge is 2.37. The molecule has 82 valence electrons. The topological polar surface area (TPSA) is 88.0 Å². The lowest BCUT2D eigenvalue weighted by Gasteiger charge is -2.08. The molecule has 6 nitrogen and oxygen atoms in total. The third kappa shape index (κ3) is 2.06. The van der Waals surface area contributed by atoms with E-state index in [-0.39, 0.29) is 11.6 Å². The molecule has 1 aliphatic carbocycles. The van der Waals surface area contributed by atoms with Crippen molar-refractivity contribution in [1.29, 1.82) is 0 Å². The average molecular weight is 229 g/mol. The fourth-order valence-electron chi connectivity index (χ4n) is 1.30. The van der Waals surface area contributed by atoms with Crippen LogP contribution < -0.4 is 5.69 Å². The van der Waals surface area contributed by atoms with E-state index in [0.29, 0.717) is 5.16 Å². The SMILES string of the molecule is Cn1c(SC(C(=O)O)C2CC2)n[nH]c1=O. The number of hydrogen-bond acceptors (Lipinski definition) is 4. The molecular weight excluding hydrogens is 218 g/mol. The van der Waals surface area contributed by atoms with Crippen molar-refractivity contribution in [3.63, 3.8) is 0 Å². The highest BCUT2D eigenvalue weighted by molar-refractivity contribution is 8.00. The van der Waals surface area contributed by atoms with Crippen molar-refractivity contribution in [2.45, 2.75) is 23.2 Å². The first-order chi connectivity index (χ1) is 7.09. The predicted octanol–water partition coefficient (Wildman–Crippen LogP) is 0.0637. The van der Waals surface area contributed by atoms with Crippen LogP contribution in [0.1, 0.15) is 12.8 Å². The maximum absolute atomic E-state index is 11.1. The Hall–Kier alpha value is -1.24. The number of nitrogens with one attached hydrogen (secondary N) is 1. The summed E-state index contributed by atoms with van der Waals surface area (Å²) < 4.78 is 1.32. The van der Waals surface area contributed by atoms with Crippen LogP contribution in [0.15, 0.2) is 9.95 Å². The van der Waals surface area contributed by atoms with Gasteiger partial charge >= 0.3 is 11.7 Å². The van der Waals surface area contributed by atoms with Gasteiger partial charge in [-0.3, -0.25) is 9.36 Å². The summed E-state index contributed by atoms with van der Waals surface area (Å²) in [5.74, 6) is -0.614. The molecule has 1 saturated carbocycles. The zero-order chi connectivity index (χ0) is 11.0. The van der Waals surface area contributed by atoms with Crippen LogP contribution in [0.5, 0.6) is 0 Å². The molecule has 1 fully saturated rings. The van der Waals surface area contributed by atoms with Gasteiger partial charge in [0.2, 0.25) is 0 Å². The Morgan fingerprint density at radius 1 is 1.73 bits per heavy atom. The Bertz CT molecular complexity index is 435. The Kier molecular flexibility index (Phi) is 2.56. The third-order valence-corrected chi connectivity index (χ3v) is 3.78. The second-order valence-electron chi connectivity index (χ2n) is 3.58.